The summed E-state index contributed by atoms with van der Waals surface area (Å²) < 4.78 is 5.27. The van der Waals surface area contributed by atoms with Gasteiger partial charge in [0, 0.05) is 38.8 Å². The maximum Gasteiger partial charge on any atom is 0.317 e. The van der Waals surface area contributed by atoms with Gasteiger partial charge in [-0.25, -0.2) is 4.79 Å². The predicted octanol–water partition coefficient (Wildman–Crippen LogP) is 1.06. The molecule has 1 rings (SSSR count). The lowest BCUT2D eigenvalue weighted by atomic mass is 9.93. The van der Waals surface area contributed by atoms with Crippen LogP contribution in [-0.4, -0.2) is 54.4 Å². The minimum absolute atomic E-state index is 0.0860. The van der Waals surface area contributed by atoms with Gasteiger partial charge in [0.1, 0.15) is 0 Å². The van der Waals surface area contributed by atoms with Crippen LogP contribution in [0.1, 0.15) is 32.6 Å². The topological polar surface area (TPSA) is 78.9 Å². The molecular weight excluding hydrogens is 236 g/mol. The first kappa shape index (κ1) is 14.8. The van der Waals surface area contributed by atoms with E-state index >= 15 is 0 Å². The van der Waals surface area contributed by atoms with E-state index in [2.05, 4.69) is 5.32 Å². The molecule has 104 valence electrons. The van der Waals surface area contributed by atoms with Crippen molar-refractivity contribution in [2.75, 3.05) is 26.8 Å². The van der Waals surface area contributed by atoms with E-state index in [0.29, 0.717) is 26.2 Å². The lowest BCUT2D eigenvalue weighted by Gasteiger charge is -2.35. The third-order valence-electron chi connectivity index (χ3n) is 3.24. The number of carboxylic acids is 1. The zero-order chi connectivity index (χ0) is 13.6. The van der Waals surface area contributed by atoms with Crippen LogP contribution in [0.5, 0.6) is 0 Å². The van der Waals surface area contributed by atoms with Gasteiger partial charge in [0.2, 0.25) is 0 Å². The summed E-state index contributed by atoms with van der Waals surface area (Å²) in [6.07, 6.45) is 2.17. The first-order valence-electron chi connectivity index (χ1n) is 6.26. The fourth-order valence-corrected chi connectivity index (χ4v) is 1.87. The van der Waals surface area contributed by atoms with Crippen LogP contribution in [0.25, 0.3) is 0 Å². The Kier molecular flexibility index (Phi) is 5.40. The van der Waals surface area contributed by atoms with E-state index in [9.17, 15) is 9.59 Å². The summed E-state index contributed by atoms with van der Waals surface area (Å²) in [5.74, 6) is -0.833. The SMILES string of the molecule is CN(CCCC(=O)O)C(=O)NC1(C)CCOCC1. The van der Waals surface area contributed by atoms with E-state index in [1.165, 1.54) is 4.90 Å². The van der Waals surface area contributed by atoms with Gasteiger partial charge in [-0.2, -0.15) is 0 Å². The first-order chi connectivity index (χ1) is 8.43. The maximum absolute atomic E-state index is 11.9. The number of urea groups is 1. The van der Waals surface area contributed by atoms with Crippen LogP contribution < -0.4 is 5.32 Å². The second kappa shape index (κ2) is 6.58. The molecule has 1 aliphatic heterocycles. The molecule has 1 fully saturated rings. The summed E-state index contributed by atoms with van der Waals surface area (Å²) in [6, 6.07) is -0.148. The van der Waals surface area contributed by atoms with Crippen molar-refractivity contribution >= 4 is 12.0 Å². The van der Waals surface area contributed by atoms with Gasteiger partial charge in [-0.3, -0.25) is 4.79 Å². The van der Waals surface area contributed by atoms with Gasteiger partial charge in [0.05, 0.1) is 0 Å². The Morgan fingerprint density at radius 1 is 1.39 bits per heavy atom. The molecule has 0 bridgehead atoms. The van der Waals surface area contributed by atoms with Gasteiger partial charge in [-0.1, -0.05) is 0 Å². The molecule has 1 aliphatic rings. The molecule has 18 heavy (non-hydrogen) atoms. The number of hydrogen-bond acceptors (Lipinski definition) is 3. The third kappa shape index (κ3) is 4.91. The van der Waals surface area contributed by atoms with Crippen LogP contribution in [0.15, 0.2) is 0 Å². The number of aliphatic carboxylic acids is 1. The lowest BCUT2D eigenvalue weighted by Crippen LogP contribution is -2.53. The molecule has 6 heteroatoms. The van der Waals surface area contributed by atoms with Gasteiger partial charge in [-0.05, 0) is 26.2 Å². The van der Waals surface area contributed by atoms with Crippen LogP contribution in [0.4, 0.5) is 4.79 Å². The molecule has 0 spiro atoms. The number of carbonyl (C=O) groups is 2. The van der Waals surface area contributed by atoms with E-state index in [1.807, 2.05) is 6.92 Å². The van der Waals surface area contributed by atoms with Gasteiger partial charge < -0.3 is 20.1 Å². The lowest BCUT2D eigenvalue weighted by molar-refractivity contribution is -0.137. The normalized spacial score (nSPS) is 18.1. The second-order valence-electron chi connectivity index (χ2n) is 5.02. The minimum atomic E-state index is -0.833. The summed E-state index contributed by atoms with van der Waals surface area (Å²) in [7, 11) is 1.68. The number of hydrogen-bond donors (Lipinski definition) is 2. The number of carbonyl (C=O) groups excluding carboxylic acids is 1. The van der Waals surface area contributed by atoms with Crippen molar-refractivity contribution in [3.05, 3.63) is 0 Å². The molecule has 0 radical (unpaired) electrons. The Labute approximate surface area is 107 Å². The highest BCUT2D eigenvalue weighted by atomic mass is 16.5. The summed E-state index contributed by atoms with van der Waals surface area (Å²) in [6.45, 7) is 3.79. The molecule has 0 atom stereocenters. The molecule has 0 unspecified atom stereocenters. The van der Waals surface area contributed by atoms with Crippen LogP contribution >= 0.6 is 0 Å². The van der Waals surface area contributed by atoms with Crippen molar-refractivity contribution in [3.63, 3.8) is 0 Å². The zero-order valence-corrected chi connectivity index (χ0v) is 11.1. The Hall–Kier alpha value is -1.30. The number of carboxylic acid groups (broad SMARTS) is 1. The van der Waals surface area contributed by atoms with Crippen LogP contribution in [0.3, 0.4) is 0 Å². The quantitative estimate of drug-likeness (QED) is 0.773. The molecule has 0 aromatic rings. The van der Waals surface area contributed by atoms with E-state index in [-0.39, 0.29) is 18.0 Å². The first-order valence-corrected chi connectivity index (χ1v) is 6.26. The van der Waals surface area contributed by atoms with Gasteiger partial charge in [-0.15, -0.1) is 0 Å². The van der Waals surface area contributed by atoms with E-state index in [0.717, 1.165) is 12.8 Å². The van der Waals surface area contributed by atoms with E-state index < -0.39 is 5.97 Å². The number of nitrogens with one attached hydrogen (secondary N) is 1. The monoisotopic (exact) mass is 258 g/mol. The smallest absolute Gasteiger partial charge is 0.317 e. The molecule has 0 aromatic heterocycles. The average Bonchev–Trinajstić information content (AvgIpc) is 2.28. The standard InChI is InChI=1S/C12H22N2O4/c1-12(5-8-18-9-6-12)13-11(17)14(2)7-3-4-10(15)16/h3-9H2,1-2H3,(H,13,17)(H,15,16). The maximum atomic E-state index is 11.9. The molecule has 2 amide bonds. The number of nitrogens with zero attached hydrogens (tertiary/aromatic N) is 1. The summed E-state index contributed by atoms with van der Waals surface area (Å²) >= 11 is 0. The summed E-state index contributed by atoms with van der Waals surface area (Å²) in [5.41, 5.74) is -0.212. The number of amides is 2. The highest BCUT2D eigenvalue weighted by molar-refractivity contribution is 5.74. The molecule has 0 aliphatic carbocycles. The minimum Gasteiger partial charge on any atom is -0.481 e. The van der Waals surface area contributed by atoms with Crippen molar-refractivity contribution in [1.29, 1.82) is 0 Å². The molecular formula is C12H22N2O4. The van der Waals surface area contributed by atoms with E-state index in [4.69, 9.17) is 9.84 Å². The van der Waals surface area contributed by atoms with Crippen molar-refractivity contribution in [3.8, 4) is 0 Å². The average molecular weight is 258 g/mol. The van der Waals surface area contributed by atoms with Crippen LogP contribution in [0, 0.1) is 0 Å². The summed E-state index contributed by atoms with van der Waals surface area (Å²) in [4.78, 5) is 23.8. The Morgan fingerprint density at radius 3 is 2.56 bits per heavy atom. The predicted molar refractivity (Wildman–Crippen MR) is 66.5 cm³/mol. The highest BCUT2D eigenvalue weighted by Crippen LogP contribution is 2.19. The zero-order valence-electron chi connectivity index (χ0n) is 11.1. The fraction of sp³-hybridized carbons (Fsp3) is 0.833. The van der Waals surface area contributed by atoms with Crippen molar-refractivity contribution in [2.24, 2.45) is 0 Å². The molecule has 6 nitrogen and oxygen atoms in total. The van der Waals surface area contributed by atoms with Crippen molar-refractivity contribution in [2.45, 2.75) is 38.1 Å². The highest BCUT2D eigenvalue weighted by Gasteiger charge is 2.29. The van der Waals surface area contributed by atoms with Crippen LogP contribution in [-0.2, 0) is 9.53 Å². The number of rotatable bonds is 5. The second-order valence-corrected chi connectivity index (χ2v) is 5.02. The molecule has 0 saturated carbocycles. The van der Waals surface area contributed by atoms with Gasteiger partial charge in [0.25, 0.3) is 0 Å². The molecule has 0 aromatic carbocycles. The molecule has 1 heterocycles. The Morgan fingerprint density at radius 2 is 2.00 bits per heavy atom. The van der Waals surface area contributed by atoms with Crippen molar-refractivity contribution < 1.29 is 19.4 Å². The largest absolute Gasteiger partial charge is 0.481 e. The molecule has 2 N–H and O–H groups in total. The van der Waals surface area contributed by atoms with Gasteiger partial charge in [0.15, 0.2) is 0 Å². The molecule has 1 saturated heterocycles. The van der Waals surface area contributed by atoms with Gasteiger partial charge >= 0.3 is 12.0 Å². The van der Waals surface area contributed by atoms with E-state index in [1.54, 1.807) is 7.05 Å². The number of ether oxygens (including phenoxy) is 1. The Balaban J connectivity index is 2.32. The van der Waals surface area contributed by atoms with Crippen LogP contribution in [0.2, 0.25) is 0 Å². The third-order valence-corrected chi connectivity index (χ3v) is 3.24. The summed E-state index contributed by atoms with van der Waals surface area (Å²) in [5, 5.41) is 11.5. The Bertz CT molecular complexity index is 300. The fourth-order valence-electron chi connectivity index (χ4n) is 1.87. The van der Waals surface area contributed by atoms with Crippen molar-refractivity contribution in [1.82, 2.24) is 10.2 Å².